The summed E-state index contributed by atoms with van der Waals surface area (Å²) in [6, 6.07) is 1.18. The zero-order valence-electron chi connectivity index (χ0n) is 11.3. The molecule has 1 aromatic heterocycles. The lowest BCUT2D eigenvalue weighted by Crippen LogP contribution is -2.43. The van der Waals surface area contributed by atoms with Gasteiger partial charge in [0.05, 0.1) is 5.69 Å². The van der Waals surface area contributed by atoms with Crippen LogP contribution in [-0.2, 0) is 16.9 Å². The van der Waals surface area contributed by atoms with E-state index in [-0.39, 0.29) is 12.8 Å². The van der Waals surface area contributed by atoms with E-state index in [9.17, 15) is 17.2 Å². The van der Waals surface area contributed by atoms with Crippen LogP contribution < -0.4 is 0 Å². The van der Waals surface area contributed by atoms with Crippen molar-refractivity contribution in [2.75, 3.05) is 13.1 Å². The zero-order valence-corrected chi connectivity index (χ0v) is 13.0. The Morgan fingerprint density at radius 2 is 1.95 bits per heavy atom. The maximum Gasteiger partial charge on any atom is 0.354 e. The lowest BCUT2D eigenvalue weighted by molar-refractivity contribution is 0.00474. The van der Waals surface area contributed by atoms with Crippen LogP contribution in [0.15, 0.2) is 11.1 Å². The first-order valence-electron chi connectivity index (χ1n) is 6.23. The van der Waals surface area contributed by atoms with Crippen LogP contribution in [-0.4, -0.2) is 40.8 Å². The van der Waals surface area contributed by atoms with Crippen LogP contribution in [0, 0.1) is 12.8 Å². The van der Waals surface area contributed by atoms with Gasteiger partial charge >= 0.3 is 5.25 Å². The predicted molar refractivity (Wildman–Crippen MR) is 73.4 cm³/mol. The van der Waals surface area contributed by atoms with Gasteiger partial charge in [-0.05, 0) is 25.8 Å². The van der Waals surface area contributed by atoms with Gasteiger partial charge in [-0.2, -0.15) is 13.9 Å². The standard InChI is InChI=1S/C11H17F2N3O2S2/c1-8-7-10(15(2)14-8)20(17,18)11(12,13)9-3-5-16(19)6-4-9/h7,9,19H,3-6H2,1-2H3. The Kier molecular flexibility index (Phi) is 4.14. The second-order valence-corrected chi connectivity index (χ2v) is 7.58. The first kappa shape index (κ1) is 15.7. The molecular weight excluding hydrogens is 308 g/mol. The normalized spacial score (nSPS) is 19.4. The summed E-state index contributed by atoms with van der Waals surface area (Å²) in [4.78, 5) is 0. The molecular formula is C11H17F2N3O2S2. The topological polar surface area (TPSA) is 55.2 Å². The molecule has 0 N–H and O–H groups in total. The van der Waals surface area contributed by atoms with Gasteiger partial charge in [0.1, 0.15) is 0 Å². The van der Waals surface area contributed by atoms with Gasteiger partial charge in [-0.1, -0.05) is 12.8 Å². The van der Waals surface area contributed by atoms with Crippen LogP contribution in [0.5, 0.6) is 0 Å². The molecule has 114 valence electrons. The summed E-state index contributed by atoms with van der Waals surface area (Å²) in [6.45, 7) is 2.27. The minimum absolute atomic E-state index is 0.104. The Hall–Kier alpha value is -0.670. The first-order chi connectivity index (χ1) is 9.16. The van der Waals surface area contributed by atoms with E-state index in [1.807, 2.05) is 0 Å². The number of aromatic nitrogens is 2. The molecule has 1 fully saturated rings. The quantitative estimate of drug-likeness (QED) is 0.859. The van der Waals surface area contributed by atoms with Gasteiger partial charge in [0.2, 0.25) is 0 Å². The summed E-state index contributed by atoms with van der Waals surface area (Å²) in [5.41, 5.74) is 0.395. The number of thiol groups is 1. The molecule has 2 heterocycles. The number of halogens is 2. The van der Waals surface area contributed by atoms with Crippen LogP contribution >= 0.6 is 12.8 Å². The third-order valence-electron chi connectivity index (χ3n) is 3.54. The fourth-order valence-corrected chi connectivity index (χ4v) is 4.30. The second-order valence-electron chi connectivity index (χ2n) is 5.04. The number of hydrogen-bond acceptors (Lipinski definition) is 5. The maximum absolute atomic E-state index is 14.4. The summed E-state index contributed by atoms with van der Waals surface area (Å²) in [6.07, 6.45) is 0.207. The highest BCUT2D eigenvalue weighted by atomic mass is 32.2. The first-order valence-corrected chi connectivity index (χ1v) is 8.11. The van der Waals surface area contributed by atoms with Crippen LogP contribution in [0.3, 0.4) is 0 Å². The van der Waals surface area contributed by atoms with Gasteiger partial charge in [0.15, 0.2) is 5.03 Å². The van der Waals surface area contributed by atoms with Crippen molar-refractivity contribution in [3.8, 4) is 0 Å². The molecule has 0 aromatic carbocycles. The monoisotopic (exact) mass is 325 g/mol. The van der Waals surface area contributed by atoms with Gasteiger partial charge in [-0.15, -0.1) is 0 Å². The van der Waals surface area contributed by atoms with Crippen LogP contribution in [0.25, 0.3) is 0 Å². The molecule has 0 saturated carbocycles. The molecule has 1 aliphatic rings. The molecule has 0 spiro atoms. The highest BCUT2D eigenvalue weighted by Gasteiger charge is 2.54. The predicted octanol–water partition coefficient (Wildman–Crippen LogP) is 1.65. The number of sulfone groups is 1. The van der Waals surface area contributed by atoms with Crippen molar-refractivity contribution >= 4 is 22.7 Å². The van der Waals surface area contributed by atoms with E-state index in [1.165, 1.54) is 13.1 Å². The number of nitrogens with zero attached hydrogens (tertiary/aromatic N) is 3. The lowest BCUT2D eigenvalue weighted by atomic mass is 9.98. The zero-order chi connectivity index (χ0) is 15.1. The van der Waals surface area contributed by atoms with Crippen LogP contribution in [0.4, 0.5) is 8.78 Å². The van der Waals surface area contributed by atoms with Gasteiger partial charge in [-0.25, -0.2) is 8.42 Å². The fourth-order valence-electron chi connectivity index (χ4n) is 2.40. The van der Waals surface area contributed by atoms with Crippen molar-refractivity contribution in [3.63, 3.8) is 0 Å². The van der Waals surface area contributed by atoms with Crippen molar-refractivity contribution in [1.82, 2.24) is 14.1 Å². The maximum atomic E-state index is 14.4. The Morgan fingerprint density at radius 3 is 2.40 bits per heavy atom. The Morgan fingerprint density at radius 1 is 1.40 bits per heavy atom. The Bertz CT molecular complexity index is 593. The summed E-state index contributed by atoms with van der Waals surface area (Å²) in [5, 5.41) is -0.394. The van der Waals surface area contributed by atoms with E-state index in [0.29, 0.717) is 18.8 Å². The minimum atomic E-state index is -4.74. The smallest absolute Gasteiger partial charge is 0.257 e. The van der Waals surface area contributed by atoms with Crippen molar-refractivity contribution in [2.24, 2.45) is 13.0 Å². The van der Waals surface area contributed by atoms with Gasteiger partial charge in [-0.3, -0.25) is 8.99 Å². The molecule has 0 unspecified atom stereocenters. The number of hydrogen-bond donors (Lipinski definition) is 1. The molecule has 20 heavy (non-hydrogen) atoms. The summed E-state index contributed by atoms with van der Waals surface area (Å²) in [5.74, 6) is -1.19. The molecule has 0 radical (unpaired) electrons. The fraction of sp³-hybridized carbons (Fsp3) is 0.727. The number of piperidine rings is 1. The van der Waals surface area contributed by atoms with Gasteiger partial charge < -0.3 is 0 Å². The van der Waals surface area contributed by atoms with Crippen LogP contribution in [0.1, 0.15) is 18.5 Å². The summed E-state index contributed by atoms with van der Waals surface area (Å²) < 4.78 is 55.9. The molecule has 2 rings (SSSR count). The third-order valence-corrected chi connectivity index (χ3v) is 5.92. The average molecular weight is 325 g/mol. The van der Waals surface area contributed by atoms with Crippen molar-refractivity contribution in [3.05, 3.63) is 11.8 Å². The van der Waals surface area contributed by atoms with E-state index in [1.54, 1.807) is 11.2 Å². The van der Waals surface area contributed by atoms with Gasteiger partial charge in [0, 0.05) is 26.1 Å². The average Bonchev–Trinajstić information content (AvgIpc) is 2.69. The third kappa shape index (κ3) is 2.58. The van der Waals surface area contributed by atoms with E-state index in [4.69, 9.17) is 0 Å². The van der Waals surface area contributed by atoms with E-state index in [2.05, 4.69) is 17.9 Å². The molecule has 1 aromatic rings. The molecule has 9 heteroatoms. The summed E-state index contributed by atoms with van der Waals surface area (Å²) in [7, 11) is -3.39. The SMILES string of the molecule is Cc1cc(S(=O)(=O)C(F)(F)C2CCN(S)CC2)n(C)n1. The molecule has 1 saturated heterocycles. The molecule has 0 amide bonds. The molecule has 5 nitrogen and oxygen atoms in total. The molecule has 0 atom stereocenters. The van der Waals surface area contributed by atoms with E-state index in [0.717, 1.165) is 4.68 Å². The highest BCUT2D eigenvalue weighted by Crippen LogP contribution is 2.41. The van der Waals surface area contributed by atoms with Crippen molar-refractivity contribution in [1.29, 1.82) is 0 Å². The van der Waals surface area contributed by atoms with Gasteiger partial charge in [0.25, 0.3) is 9.84 Å². The lowest BCUT2D eigenvalue weighted by Gasteiger charge is -2.32. The number of aryl methyl sites for hydroxylation is 2. The highest BCUT2D eigenvalue weighted by molar-refractivity contribution is 7.92. The number of rotatable bonds is 3. The van der Waals surface area contributed by atoms with E-state index >= 15 is 0 Å². The molecule has 1 aliphatic heterocycles. The molecule has 0 aliphatic carbocycles. The largest absolute Gasteiger partial charge is 0.354 e. The Labute approximate surface area is 122 Å². The van der Waals surface area contributed by atoms with Crippen molar-refractivity contribution < 1.29 is 17.2 Å². The summed E-state index contributed by atoms with van der Waals surface area (Å²) >= 11 is 4.08. The van der Waals surface area contributed by atoms with Crippen LogP contribution in [0.2, 0.25) is 0 Å². The van der Waals surface area contributed by atoms with Crippen molar-refractivity contribution in [2.45, 2.75) is 30.0 Å². The second kappa shape index (κ2) is 5.27. The molecule has 0 bridgehead atoms. The van der Waals surface area contributed by atoms with E-state index < -0.39 is 26.0 Å². The Balaban J connectivity index is 2.34. The minimum Gasteiger partial charge on any atom is -0.257 e. The number of alkyl halides is 2.